The number of nitrogens with zero attached hydrogens (tertiary/aromatic N) is 19. The lowest BCUT2D eigenvalue weighted by molar-refractivity contribution is -0.153. The van der Waals surface area contributed by atoms with E-state index in [9.17, 15) is 42.7 Å². The number of aromatic nitrogens is 20. The summed E-state index contributed by atoms with van der Waals surface area (Å²) in [5.74, 6) is 0.842. The van der Waals surface area contributed by atoms with Crippen LogP contribution in [0.3, 0.4) is 0 Å². The lowest BCUT2D eigenvalue weighted by atomic mass is 9.93. The Morgan fingerprint density at radius 3 is 1.37 bits per heavy atom. The molecule has 0 fully saturated rings. The summed E-state index contributed by atoms with van der Waals surface area (Å²) >= 11 is 13.1. The van der Waals surface area contributed by atoms with Crippen LogP contribution < -0.4 is 17.0 Å². The highest BCUT2D eigenvalue weighted by Gasteiger charge is 2.29. The minimum atomic E-state index is -1.17. The number of ether oxygens (including phenoxy) is 8. The van der Waals surface area contributed by atoms with Crippen LogP contribution in [0.2, 0.25) is 108 Å². The molecule has 11 aromatic rings. The number of halogens is 5. The maximum absolute atomic E-state index is 13.4. The topological polar surface area (TPSA) is 504 Å². The maximum atomic E-state index is 13.4. The number of aliphatic hydroxyl groups excluding tert-OH is 2. The summed E-state index contributed by atoms with van der Waals surface area (Å²) in [4.78, 5) is 94.9. The van der Waals surface area contributed by atoms with E-state index >= 15 is 0 Å². The van der Waals surface area contributed by atoms with Crippen LogP contribution in [0.25, 0.3) is 45.6 Å². The molecule has 41 nitrogen and oxygen atoms in total. The Hall–Kier alpha value is -10.1. The molecule has 147 heavy (non-hydrogen) atoms. The lowest BCUT2D eigenvalue weighted by Crippen LogP contribution is -2.24. The van der Waals surface area contributed by atoms with Crippen LogP contribution in [-0.4, -0.2) is 278 Å². The summed E-state index contributed by atoms with van der Waals surface area (Å²) in [5.41, 5.74) is 17.8. The first kappa shape index (κ1) is 127. The van der Waals surface area contributed by atoms with Crippen molar-refractivity contribution in [3.8, 4) is 45.6 Å². The van der Waals surface area contributed by atoms with E-state index in [2.05, 4.69) is 177 Å². The van der Waals surface area contributed by atoms with Crippen LogP contribution in [0.4, 0.5) is 4.39 Å². The van der Waals surface area contributed by atoms with Gasteiger partial charge in [-0.3, -0.25) is 59.0 Å². The predicted octanol–water partition coefficient (Wildman–Crippen LogP) is 15.8. The fraction of sp³-hybridized carbons (Fsp3) is 0.546. The number of nitrogens with two attached hydrogens (primary N) is 2. The number of rotatable bonds is 53. The number of esters is 4. The minimum Gasteiger partial charge on any atom is -0.461 e. The molecule has 0 aliphatic carbocycles. The van der Waals surface area contributed by atoms with Gasteiger partial charge in [-0.1, -0.05) is 134 Å². The van der Waals surface area contributed by atoms with E-state index in [0.717, 1.165) is 138 Å². The summed E-state index contributed by atoms with van der Waals surface area (Å²) in [6.45, 7) is 45.8. The molecular weight excluding hydrogens is 2140 g/mol. The molecular formula is C97H150Br2Cl2FN23O18Si4. The Kier molecular flexibility index (Phi) is 57.5. The van der Waals surface area contributed by atoms with Crippen molar-refractivity contribution in [1.82, 2.24) is 104 Å². The van der Waals surface area contributed by atoms with Crippen molar-refractivity contribution in [3.05, 3.63) is 167 Å². The highest BCUT2D eigenvalue weighted by molar-refractivity contribution is 9.09. The van der Waals surface area contributed by atoms with E-state index in [0.29, 0.717) is 127 Å². The van der Waals surface area contributed by atoms with Crippen molar-refractivity contribution < 1.29 is 90.9 Å². The summed E-state index contributed by atoms with van der Waals surface area (Å²) in [6.07, 6.45) is 14.0. The first-order valence-electron chi connectivity index (χ1n) is 49.0. The highest BCUT2D eigenvalue weighted by Crippen LogP contribution is 2.33. The van der Waals surface area contributed by atoms with Crippen molar-refractivity contribution in [2.75, 3.05) is 89.8 Å². The molecule has 50 heteroatoms. The summed E-state index contributed by atoms with van der Waals surface area (Å²) in [5, 5.41) is 65.0. The number of hydrogen-bond donors (Lipinski definition) is 6. The zero-order valence-electron chi connectivity index (χ0n) is 87.8. The Morgan fingerprint density at radius 1 is 0.503 bits per heavy atom. The third kappa shape index (κ3) is 45.7. The number of aliphatic hydroxyl groups is 2. The molecule has 10 aromatic heterocycles. The molecule has 8 N–H and O–H groups in total. The van der Waals surface area contributed by atoms with E-state index in [1.165, 1.54) is 36.0 Å². The molecule has 1 aromatic carbocycles. The maximum Gasteiger partial charge on any atom is 0.375 e. The van der Waals surface area contributed by atoms with E-state index in [1.807, 2.05) is 38.3 Å². The summed E-state index contributed by atoms with van der Waals surface area (Å²) in [6, 6.07) is 26.5. The number of Topliss-reactive ketones (excluding diaryl/α,β-unsaturated/α-hetero) is 4. The number of H-pyrrole nitrogens is 1. The summed E-state index contributed by atoms with van der Waals surface area (Å²) < 4.78 is 71.4. The van der Waals surface area contributed by atoms with Gasteiger partial charge in [0.15, 0.2) is 34.4 Å². The second kappa shape index (κ2) is 66.4. The smallest absolute Gasteiger partial charge is 0.375 e. The van der Waals surface area contributed by atoms with E-state index < -0.39 is 74.2 Å². The van der Waals surface area contributed by atoms with E-state index in [-0.39, 0.29) is 80.1 Å². The van der Waals surface area contributed by atoms with Gasteiger partial charge in [0, 0.05) is 184 Å². The number of benzene rings is 1. The summed E-state index contributed by atoms with van der Waals surface area (Å²) in [7, 11) is -4.48. The van der Waals surface area contributed by atoms with Crippen LogP contribution in [0.5, 0.6) is 0 Å². The normalized spacial score (nSPS) is 11.8. The van der Waals surface area contributed by atoms with Gasteiger partial charge in [-0.05, 0) is 157 Å². The number of fused-ring (bicyclic) bond motifs is 3. The number of carbonyl (C=O) groups excluding carboxylic acids is 8. The van der Waals surface area contributed by atoms with Crippen LogP contribution in [0.15, 0.2) is 116 Å². The predicted molar refractivity (Wildman–Crippen MR) is 580 cm³/mol. The van der Waals surface area contributed by atoms with Gasteiger partial charge < -0.3 is 53.8 Å². The molecule has 0 radical (unpaired) electrons. The second-order valence-electron chi connectivity index (χ2n) is 38.4. The lowest BCUT2D eigenvalue weighted by Gasteiger charge is -2.16. The highest BCUT2D eigenvalue weighted by atomic mass is 79.9. The van der Waals surface area contributed by atoms with Gasteiger partial charge in [-0.2, -0.15) is 51.0 Å². The molecule has 12 rings (SSSR count). The second-order valence-corrected chi connectivity index (χ2v) is 62.9. The standard InChI is InChI=1S/C20H21ClFN5O.C18H29BrN4O3Si.C18H30N4O4Si.C15H24N2O5Si.C12H15BrN4O2.C11H20N2O2Si.C3H10N2O.ClH/c21-16-12-24-27-6-2-5-26-18(20(16)27)10-17(25-26)19(28)9-14(11-23)7-13-3-1-4-15(22)8-13;1-5-26-18(24)15-13-17(22(21-15)10-6-8-19)16-7-9-20-23(16)14-25-11-12-27(2,3)4;1-5-26-18(24)15-13-17(21(20-15)9-6-10-23)16-7-8-19-22(16)14-25-11-12-27(2,3)4;1-5-22-15(20)14(19)10-13(18)12-6-7-16-17(12)11-21-8-9-23(2,3)4;1-2-19-12(18)10-8-11(9-4-6-14-15-9)17(16-10)7-3-5-13;1-10(14)11-5-6-12-13(11)9-15-7-8-16(2,3)4;4-5-2-1-3-6;/h1,3-4,8,10,12,14H,2,5-7,9,11,23H2;7,9,13H,5-6,8,10-12,14H2,1-4H3;7-8,13,23H,5-6,9-12,14H2,1-4H3;6-7H,5,8-11H2,1-4H3;4,6,8H,2-3,5,7H2,1H3,(H,14,15);5-6H,7-9H2,1-4H3;5-6H,1-4H2;1H/t14-;;;;;;;/m1......./s1. The number of aromatic amines is 1. The first-order valence-corrected chi connectivity index (χ1v) is 66.4. The third-order valence-corrected chi connectivity index (χ3v) is 29.6. The monoisotopic (exact) mass is 2280 g/mol. The number of carbonyl (C=O) groups is 8. The van der Waals surface area contributed by atoms with Crippen LogP contribution >= 0.6 is 55.9 Å². The van der Waals surface area contributed by atoms with Crippen molar-refractivity contribution in [2.24, 2.45) is 17.5 Å². The minimum absolute atomic E-state index is 0. The molecule has 0 saturated carbocycles. The Bertz CT molecular complexity index is 5650. The van der Waals surface area contributed by atoms with E-state index in [4.69, 9.17) is 66.5 Å². The Morgan fingerprint density at radius 2 is 0.939 bits per heavy atom. The fourth-order valence-corrected chi connectivity index (χ4v) is 17.3. The van der Waals surface area contributed by atoms with Gasteiger partial charge in [0.25, 0.3) is 0 Å². The molecule has 0 spiro atoms. The Balaban J connectivity index is 0.000000309. The average Bonchev–Trinajstić information content (AvgIpc) is 1.61. The number of aryl methyl sites for hydroxylation is 5. The van der Waals surface area contributed by atoms with Crippen molar-refractivity contribution in [2.45, 2.75) is 248 Å². The zero-order chi connectivity index (χ0) is 108. The first-order chi connectivity index (χ1) is 69.6. The zero-order valence-corrected chi connectivity index (χ0v) is 96.5. The van der Waals surface area contributed by atoms with Crippen molar-refractivity contribution in [1.29, 1.82) is 0 Å². The number of hydrogen-bond acceptors (Lipinski definition) is 31. The van der Waals surface area contributed by atoms with Crippen LogP contribution in [0, 0.1) is 11.7 Å². The van der Waals surface area contributed by atoms with Crippen molar-refractivity contribution >= 4 is 135 Å². The number of alkyl halides is 2. The Labute approximate surface area is 891 Å². The molecule has 11 heterocycles. The van der Waals surface area contributed by atoms with Crippen LogP contribution in [-0.2, 0) is 114 Å². The van der Waals surface area contributed by atoms with Gasteiger partial charge in [-0.25, -0.2) is 42.3 Å². The molecule has 1 aliphatic heterocycles. The SMILES string of the molecule is CC(=O)c1ccnn1COCC[Si](C)(C)C.CCOC(=O)C(=O)CC(=O)c1ccnn1COCC[Si](C)(C)C.CCOC(=O)c1cc(-c2ccn[nH]2)n(CCCBr)n1.CCOC(=O)c1cc(-c2ccnn2COCC[Si](C)(C)C)n(CCCBr)n1.CCOC(=O)c1cc(-c2ccnn2COCC[Si](C)(C)C)n(CCCO)n1.Cl.NC[C@@H](CC(=O)c1cc2n(n1)CCCn1ncc(Cl)c1-2)Cc1cccc(F)c1.NNCCCO. The quantitative estimate of drug-likeness (QED) is 0.00197. The van der Waals surface area contributed by atoms with Gasteiger partial charge in [-0.15, -0.1) is 12.4 Å². The number of hydrazine groups is 1. The number of ketones is 4. The van der Waals surface area contributed by atoms with Gasteiger partial charge in [0.2, 0.25) is 5.78 Å². The largest absolute Gasteiger partial charge is 0.461 e. The average molecular weight is 2290 g/mol. The molecule has 1 aliphatic rings. The van der Waals surface area contributed by atoms with Gasteiger partial charge in [0.05, 0.1) is 83.9 Å². The molecule has 0 unspecified atom stereocenters. The van der Waals surface area contributed by atoms with Gasteiger partial charge >= 0.3 is 23.9 Å². The molecule has 0 amide bonds. The molecule has 812 valence electrons. The van der Waals surface area contributed by atoms with E-state index in [1.54, 1.807) is 118 Å². The number of nitrogens with one attached hydrogen (secondary N) is 2. The molecule has 1 atom stereocenters. The van der Waals surface area contributed by atoms with Crippen molar-refractivity contribution in [3.63, 3.8) is 0 Å². The molecule has 0 saturated heterocycles. The molecule has 0 bridgehead atoms. The fourth-order valence-electron chi connectivity index (χ4n) is 13.5. The van der Waals surface area contributed by atoms with Gasteiger partial charge in [0.1, 0.15) is 55.5 Å². The third-order valence-electron chi connectivity index (χ3n) is 21.3. The van der Waals surface area contributed by atoms with Crippen LogP contribution in [0.1, 0.15) is 148 Å².